The summed E-state index contributed by atoms with van der Waals surface area (Å²) in [5, 5.41) is 0. The number of hydrogen-bond donors (Lipinski definition) is 0. The molecule has 1 saturated heterocycles. The Morgan fingerprint density at radius 3 is 2.57 bits per heavy atom. The Labute approximate surface area is 136 Å². The lowest BCUT2D eigenvalue weighted by Crippen LogP contribution is -2.49. The van der Waals surface area contributed by atoms with Crippen LogP contribution < -0.4 is 4.90 Å². The second-order valence-corrected chi connectivity index (χ2v) is 5.79. The van der Waals surface area contributed by atoms with E-state index in [2.05, 4.69) is 23.6 Å². The maximum Gasteiger partial charge on any atom is 0.256 e. The predicted molar refractivity (Wildman–Crippen MR) is 87.6 cm³/mol. The van der Waals surface area contributed by atoms with Gasteiger partial charge in [0, 0.05) is 38.6 Å². The highest BCUT2D eigenvalue weighted by atomic mass is 32.1. The number of hydrogen-bond acceptors (Lipinski definition) is 7. The van der Waals surface area contributed by atoms with Gasteiger partial charge in [-0.3, -0.25) is 4.79 Å². The largest absolute Gasteiger partial charge is 0.337 e. The van der Waals surface area contributed by atoms with Crippen LogP contribution in [0.15, 0.2) is 36.7 Å². The van der Waals surface area contributed by atoms with Crippen LogP contribution >= 0.6 is 11.7 Å². The molecule has 1 aromatic carbocycles. The van der Waals surface area contributed by atoms with Crippen LogP contribution in [0.3, 0.4) is 0 Å². The molecule has 23 heavy (non-hydrogen) atoms. The van der Waals surface area contributed by atoms with E-state index in [1.165, 1.54) is 0 Å². The van der Waals surface area contributed by atoms with Gasteiger partial charge < -0.3 is 9.80 Å². The fraction of sp³-hybridized carbons (Fsp3) is 0.267. The van der Waals surface area contributed by atoms with Gasteiger partial charge in [-0.15, -0.1) is 0 Å². The zero-order valence-corrected chi connectivity index (χ0v) is 13.1. The van der Waals surface area contributed by atoms with Crippen molar-refractivity contribution < 1.29 is 4.79 Å². The molecule has 0 atom stereocenters. The Bertz CT molecular complexity index is 828. The van der Waals surface area contributed by atoms with Gasteiger partial charge in [0.25, 0.3) is 5.91 Å². The van der Waals surface area contributed by atoms with Crippen molar-refractivity contribution in [1.82, 2.24) is 23.6 Å². The molecular formula is C15H14N6OS. The first-order valence-corrected chi connectivity index (χ1v) is 8.08. The number of carbonyl (C=O) groups is 1. The van der Waals surface area contributed by atoms with Gasteiger partial charge in [0.2, 0.25) is 5.95 Å². The number of anilines is 1. The summed E-state index contributed by atoms with van der Waals surface area (Å²) in [7, 11) is 0. The first-order valence-electron chi connectivity index (χ1n) is 7.35. The fourth-order valence-corrected chi connectivity index (χ4v) is 3.26. The lowest BCUT2D eigenvalue weighted by atomic mass is 10.1. The molecular weight excluding hydrogens is 312 g/mol. The monoisotopic (exact) mass is 326 g/mol. The molecule has 0 saturated carbocycles. The van der Waals surface area contributed by atoms with Gasteiger partial charge in [-0.2, -0.15) is 8.75 Å². The number of amides is 1. The van der Waals surface area contributed by atoms with Gasteiger partial charge >= 0.3 is 0 Å². The third-order valence-electron chi connectivity index (χ3n) is 3.92. The van der Waals surface area contributed by atoms with Crippen molar-refractivity contribution in [3.05, 3.63) is 42.2 Å². The lowest BCUT2D eigenvalue weighted by molar-refractivity contribution is 0.0748. The first-order chi connectivity index (χ1) is 11.3. The number of aromatic nitrogens is 4. The second kappa shape index (κ2) is 5.88. The van der Waals surface area contributed by atoms with Crippen LogP contribution in [-0.4, -0.2) is 55.7 Å². The molecule has 1 amide bonds. The Balaban J connectivity index is 1.50. The molecule has 0 aliphatic carbocycles. The lowest BCUT2D eigenvalue weighted by Gasteiger charge is -2.34. The van der Waals surface area contributed by atoms with Crippen molar-refractivity contribution in [3.63, 3.8) is 0 Å². The zero-order chi connectivity index (χ0) is 15.6. The summed E-state index contributed by atoms with van der Waals surface area (Å²) in [6.45, 7) is 2.73. The highest BCUT2D eigenvalue weighted by molar-refractivity contribution is 7.00. The van der Waals surface area contributed by atoms with Crippen LogP contribution in [0, 0.1) is 0 Å². The summed E-state index contributed by atoms with van der Waals surface area (Å²) < 4.78 is 8.44. The molecule has 8 heteroatoms. The Morgan fingerprint density at radius 2 is 1.78 bits per heavy atom. The van der Waals surface area contributed by atoms with Crippen LogP contribution in [0.4, 0.5) is 5.95 Å². The minimum Gasteiger partial charge on any atom is -0.337 e. The topological polar surface area (TPSA) is 75.1 Å². The Morgan fingerprint density at radius 1 is 1.00 bits per heavy atom. The van der Waals surface area contributed by atoms with E-state index in [0.717, 1.165) is 30.3 Å². The van der Waals surface area contributed by atoms with E-state index in [-0.39, 0.29) is 5.91 Å². The summed E-state index contributed by atoms with van der Waals surface area (Å²) in [6, 6.07) is 7.34. The van der Waals surface area contributed by atoms with E-state index in [9.17, 15) is 4.79 Å². The summed E-state index contributed by atoms with van der Waals surface area (Å²) >= 11 is 1.13. The third-order valence-corrected chi connectivity index (χ3v) is 4.46. The van der Waals surface area contributed by atoms with Crippen LogP contribution in [0.2, 0.25) is 0 Å². The minimum absolute atomic E-state index is 0.0110. The van der Waals surface area contributed by atoms with E-state index in [1.807, 2.05) is 23.1 Å². The van der Waals surface area contributed by atoms with Crippen molar-refractivity contribution >= 4 is 34.6 Å². The molecule has 1 aliphatic rings. The summed E-state index contributed by atoms with van der Waals surface area (Å²) in [6.07, 6.45) is 3.46. The quantitative estimate of drug-likeness (QED) is 0.709. The van der Waals surface area contributed by atoms with E-state index in [1.54, 1.807) is 18.5 Å². The van der Waals surface area contributed by atoms with E-state index in [0.29, 0.717) is 30.1 Å². The van der Waals surface area contributed by atoms with Crippen LogP contribution in [0.25, 0.3) is 11.0 Å². The molecule has 0 radical (unpaired) electrons. The number of piperazine rings is 1. The molecule has 0 bridgehead atoms. The Hall–Kier alpha value is -2.61. The van der Waals surface area contributed by atoms with Gasteiger partial charge in [0.1, 0.15) is 11.0 Å². The summed E-state index contributed by atoms with van der Waals surface area (Å²) in [4.78, 5) is 25.2. The fourth-order valence-electron chi connectivity index (χ4n) is 2.71. The van der Waals surface area contributed by atoms with Crippen molar-refractivity contribution in [2.75, 3.05) is 31.1 Å². The van der Waals surface area contributed by atoms with Gasteiger partial charge in [0.05, 0.1) is 17.3 Å². The molecule has 2 aromatic heterocycles. The van der Waals surface area contributed by atoms with Gasteiger partial charge in [0.15, 0.2) is 0 Å². The van der Waals surface area contributed by atoms with Crippen molar-refractivity contribution in [1.29, 1.82) is 0 Å². The van der Waals surface area contributed by atoms with Crippen LogP contribution in [0.5, 0.6) is 0 Å². The number of fused-ring (bicyclic) bond motifs is 1. The number of nitrogens with zero attached hydrogens (tertiary/aromatic N) is 6. The highest BCUT2D eigenvalue weighted by Crippen LogP contribution is 2.19. The standard InChI is InChI=1S/C15H14N6OS/c22-14(11-3-1-4-12-13(11)19-23-18-12)20-7-9-21(10-8-20)15-16-5-2-6-17-15/h1-6H,7-10H2. The smallest absolute Gasteiger partial charge is 0.256 e. The normalized spacial score (nSPS) is 15.1. The third kappa shape index (κ3) is 2.61. The first kappa shape index (κ1) is 14.0. The average Bonchev–Trinajstić information content (AvgIpc) is 3.11. The Kier molecular flexibility index (Phi) is 3.58. The molecule has 0 spiro atoms. The molecule has 4 rings (SSSR count). The highest BCUT2D eigenvalue weighted by Gasteiger charge is 2.25. The van der Waals surface area contributed by atoms with Crippen molar-refractivity contribution in [2.24, 2.45) is 0 Å². The molecule has 0 unspecified atom stereocenters. The SMILES string of the molecule is O=C(c1cccc2nsnc12)N1CCN(c2ncccn2)CC1. The molecule has 0 N–H and O–H groups in total. The van der Waals surface area contributed by atoms with Gasteiger partial charge in [-0.25, -0.2) is 9.97 Å². The zero-order valence-electron chi connectivity index (χ0n) is 12.3. The van der Waals surface area contributed by atoms with E-state index >= 15 is 0 Å². The number of rotatable bonds is 2. The summed E-state index contributed by atoms with van der Waals surface area (Å²) in [5.41, 5.74) is 2.09. The molecule has 1 fully saturated rings. The van der Waals surface area contributed by atoms with Crippen LogP contribution in [-0.2, 0) is 0 Å². The molecule has 116 valence electrons. The average molecular weight is 326 g/mol. The van der Waals surface area contributed by atoms with Gasteiger partial charge in [-0.05, 0) is 18.2 Å². The maximum atomic E-state index is 12.8. The van der Waals surface area contributed by atoms with Crippen molar-refractivity contribution in [2.45, 2.75) is 0 Å². The van der Waals surface area contributed by atoms with Crippen molar-refractivity contribution in [3.8, 4) is 0 Å². The summed E-state index contributed by atoms with van der Waals surface area (Å²) in [5.74, 6) is 0.724. The van der Waals surface area contributed by atoms with E-state index < -0.39 is 0 Å². The predicted octanol–water partition coefficient (Wildman–Crippen LogP) is 1.44. The second-order valence-electron chi connectivity index (χ2n) is 5.27. The van der Waals surface area contributed by atoms with Gasteiger partial charge in [-0.1, -0.05) is 6.07 Å². The van der Waals surface area contributed by atoms with E-state index in [4.69, 9.17) is 0 Å². The minimum atomic E-state index is 0.0110. The van der Waals surface area contributed by atoms with Crippen LogP contribution in [0.1, 0.15) is 10.4 Å². The number of carbonyl (C=O) groups excluding carboxylic acids is 1. The molecule has 3 aromatic rings. The maximum absolute atomic E-state index is 12.8. The molecule has 1 aliphatic heterocycles. The molecule has 7 nitrogen and oxygen atoms in total. The molecule has 3 heterocycles. The number of benzene rings is 1.